The Hall–Kier alpha value is -2.23. The van der Waals surface area contributed by atoms with Crippen molar-refractivity contribution in [2.24, 2.45) is 5.41 Å². The number of hydrogen-bond acceptors (Lipinski definition) is 3. The van der Waals surface area contributed by atoms with E-state index >= 15 is 0 Å². The van der Waals surface area contributed by atoms with E-state index in [2.05, 4.69) is 55.5 Å². The third-order valence-electron chi connectivity index (χ3n) is 7.03. The van der Waals surface area contributed by atoms with E-state index < -0.39 is 22.9 Å². The van der Waals surface area contributed by atoms with E-state index in [0.29, 0.717) is 0 Å². The molecule has 2 aromatic rings. The summed E-state index contributed by atoms with van der Waals surface area (Å²) >= 11 is 0. The average molecular weight is 374 g/mol. The van der Waals surface area contributed by atoms with E-state index in [9.17, 15) is 4.79 Å². The number of fused-ring (bicyclic) bond motifs is 5. The molecule has 2 bridgehead atoms. The Labute approximate surface area is 166 Å². The van der Waals surface area contributed by atoms with E-state index in [0.717, 1.165) is 29.5 Å². The van der Waals surface area contributed by atoms with Crippen LogP contribution in [0.4, 0.5) is 0 Å². The van der Waals surface area contributed by atoms with Gasteiger partial charge >= 0.3 is 0 Å². The summed E-state index contributed by atoms with van der Waals surface area (Å²) in [6.45, 7) is 7.87. The molecule has 0 radical (unpaired) electrons. The summed E-state index contributed by atoms with van der Waals surface area (Å²) in [6.07, 6.45) is 3.39. The van der Waals surface area contributed by atoms with Crippen molar-refractivity contribution in [1.82, 2.24) is 0 Å². The van der Waals surface area contributed by atoms with Crippen molar-refractivity contribution < 1.29 is 14.3 Å². The van der Waals surface area contributed by atoms with Gasteiger partial charge in [0.15, 0.2) is 23.3 Å². The second-order valence-corrected chi connectivity index (χ2v) is 9.01. The fourth-order valence-corrected chi connectivity index (χ4v) is 4.96. The first-order chi connectivity index (χ1) is 13.3. The summed E-state index contributed by atoms with van der Waals surface area (Å²) in [6, 6.07) is 16.8. The van der Waals surface area contributed by atoms with Crippen molar-refractivity contribution in [3.05, 3.63) is 76.4 Å². The Balaban J connectivity index is 1.72. The largest absolute Gasteiger partial charge is 0.334 e. The van der Waals surface area contributed by atoms with Gasteiger partial charge in [0.2, 0.25) is 0 Å². The fourth-order valence-electron chi connectivity index (χ4n) is 4.96. The van der Waals surface area contributed by atoms with Crippen LogP contribution < -0.4 is 0 Å². The number of carbonyl (C=O) groups excluding carboxylic acids is 1. The molecule has 1 aliphatic carbocycles. The Bertz CT molecular complexity index is 1000. The molecule has 144 valence electrons. The molecule has 3 atom stereocenters. The van der Waals surface area contributed by atoms with Gasteiger partial charge < -0.3 is 9.47 Å². The summed E-state index contributed by atoms with van der Waals surface area (Å²) in [7, 11) is 0. The molecule has 2 heterocycles. The molecule has 0 amide bonds. The topological polar surface area (TPSA) is 35.5 Å². The second-order valence-electron chi connectivity index (χ2n) is 9.01. The van der Waals surface area contributed by atoms with Crippen molar-refractivity contribution in [2.45, 2.75) is 58.0 Å². The third-order valence-corrected chi connectivity index (χ3v) is 7.03. The summed E-state index contributed by atoms with van der Waals surface area (Å²) in [5.41, 5.74) is 4.32. The Morgan fingerprint density at radius 3 is 2.39 bits per heavy atom. The molecular weight excluding hydrogens is 348 g/mol. The van der Waals surface area contributed by atoms with Crippen LogP contribution in [0.5, 0.6) is 0 Å². The zero-order valence-corrected chi connectivity index (χ0v) is 16.9. The highest BCUT2D eigenvalue weighted by Crippen LogP contribution is 2.63. The van der Waals surface area contributed by atoms with Crippen LogP contribution in [0.1, 0.15) is 49.4 Å². The molecule has 0 saturated carbocycles. The molecule has 2 fully saturated rings. The van der Waals surface area contributed by atoms with Gasteiger partial charge in [0.25, 0.3) is 0 Å². The standard InChI is InChI=1S/C25H26O3/c1-16-9-11-17(12-10-16)15-19-14-13-18-7-5-6-8-20(18)25(19)22-21(26)23(2,3)24(4,27-22)28-25/h5-12,15,22H,13-14H2,1-4H3/b19-15+/t22-,24-,25+/m0/s1. The number of carbonyl (C=O) groups is 1. The number of rotatable bonds is 1. The van der Waals surface area contributed by atoms with Gasteiger partial charge in [-0.15, -0.1) is 0 Å². The lowest BCUT2D eigenvalue weighted by molar-refractivity contribution is -0.218. The van der Waals surface area contributed by atoms with Gasteiger partial charge in [0, 0.05) is 0 Å². The quantitative estimate of drug-likeness (QED) is 0.708. The van der Waals surface area contributed by atoms with E-state index in [1.807, 2.05) is 26.8 Å². The second kappa shape index (κ2) is 5.65. The van der Waals surface area contributed by atoms with Crippen LogP contribution in [0.15, 0.2) is 54.1 Å². The molecule has 5 rings (SSSR count). The monoisotopic (exact) mass is 374 g/mol. The maximum atomic E-state index is 13.4. The van der Waals surface area contributed by atoms with E-state index in [1.54, 1.807) is 0 Å². The number of ether oxygens (including phenoxy) is 2. The van der Waals surface area contributed by atoms with Gasteiger partial charge in [-0.3, -0.25) is 4.79 Å². The first-order valence-electron chi connectivity index (χ1n) is 10.1. The first kappa shape index (κ1) is 17.8. The molecule has 1 spiro atoms. The van der Waals surface area contributed by atoms with E-state index in [1.165, 1.54) is 11.1 Å². The summed E-state index contributed by atoms with van der Waals surface area (Å²) in [5, 5.41) is 0. The molecular formula is C25H26O3. The Morgan fingerprint density at radius 1 is 1.00 bits per heavy atom. The normalized spacial score (nSPS) is 34.2. The van der Waals surface area contributed by atoms with Crippen LogP contribution in [-0.4, -0.2) is 17.7 Å². The van der Waals surface area contributed by atoms with Crippen LogP contribution in [-0.2, 0) is 26.3 Å². The number of hydrogen-bond donors (Lipinski definition) is 0. The van der Waals surface area contributed by atoms with Gasteiger partial charge in [-0.1, -0.05) is 60.2 Å². The minimum atomic E-state index is -0.925. The summed E-state index contributed by atoms with van der Waals surface area (Å²) in [5.74, 6) is -0.793. The van der Waals surface area contributed by atoms with Crippen LogP contribution in [0.3, 0.4) is 0 Å². The highest BCUT2D eigenvalue weighted by Gasteiger charge is 2.74. The zero-order chi connectivity index (χ0) is 19.7. The highest BCUT2D eigenvalue weighted by atomic mass is 16.8. The molecule has 2 saturated heterocycles. The fraction of sp³-hybridized carbons (Fsp3) is 0.400. The van der Waals surface area contributed by atoms with Crippen molar-refractivity contribution in [1.29, 1.82) is 0 Å². The maximum Gasteiger partial charge on any atom is 0.180 e. The molecule has 0 N–H and O–H groups in total. The Morgan fingerprint density at radius 2 is 1.71 bits per heavy atom. The third kappa shape index (κ3) is 2.15. The lowest BCUT2D eigenvalue weighted by Crippen LogP contribution is -2.56. The number of benzene rings is 2. The van der Waals surface area contributed by atoms with Crippen molar-refractivity contribution in [3.63, 3.8) is 0 Å². The summed E-state index contributed by atoms with van der Waals surface area (Å²) in [4.78, 5) is 13.4. The molecule has 28 heavy (non-hydrogen) atoms. The number of aryl methyl sites for hydroxylation is 2. The lowest BCUT2D eigenvalue weighted by atomic mass is 9.66. The minimum absolute atomic E-state index is 0.132. The van der Waals surface area contributed by atoms with Crippen LogP contribution in [0.25, 0.3) is 6.08 Å². The molecule has 2 aliphatic heterocycles. The lowest BCUT2D eigenvalue weighted by Gasteiger charge is -2.47. The van der Waals surface area contributed by atoms with Gasteiger partial charge in [0.05, 0.1) is 5.41 Å². The summed E-state index contributed by atoms with van der Waals surface area (Å²) < 4.78 is 13.1. The van der Waals surface area contributed by atoms with Gasteiger partial charge in [0.1, 0.15) is 0 Å². The average Bonchev–Trinajstić information content (AvgIpc) is 3.08. The van der Waals surface area contributed by atoms with Crippen LogP contribution in [0, 0.1) is 12.3 Å². The van der Waals surface area contributed by atoms with Crippen molar-refractivity contribution in [2.75, 3.05) is 0 Å². The highest BCUT2D eigenvalue weighted by molar-refractivity contribution is 5.94. The first-order valence-corrected chi connectivity index (χ1v) is 10.1. The molecule has 3 heteroatoms. The maximum absolute atomic E-state index is 13.4. The van der Waals surface area contributed by atoms with Crippen LogP contribution in [0.2, 0.25) is 0 Å². The number of Topliss-reactive ketones (excluding diaryl/α,β-unsaturated/α-hetero) is 1. The van der Waals surface area contributed by atoms with Crippen molar-refractivity contribution in [3.8, 4) is 0 Å². The van der Waals surface area contributed by atoms with Gasteiger partial charge in [-0.2, -0.15) is 0 Å². The van der Waals surface area contributed by atoms with Gasteiger partial charge in [-0.25, -0.2) is 0 Å². The van der Waals surface area contributed by atoms with E-state index in [-0.39, 0.29) is 5.78 Å². The molecule has 3 nitrogen and oxygen atoms in total. The molecule has 2 aromatic carbocycles. The molecule has 0 unspecified atom stereocenters. The van der Waals surface area contributed by atoms with Crippen LogP contribution >= 0.6 is 0 Å². The van der Waals surface area contributed by atoms with Crippen molar-refractivity contribution >= 4 is 11.9 Å². The molecule has 3 aliphatic rings. The predicted molar refractivity (Wildman–Crippen MR) is 109 cm³/mol. The SMILES string of the molecule is Cc1ccc(/C=C2\CCc3ccccc3[C@]23O[C@]2(C)O[C@H]3C(=O)C2(C)C)cc1. The van der Waals surface area contributed by atoms with Gasteiger partial charge in [-0.05, 0) is 62.8 Å². The number of ketones is 1. The molecule has 0 aromatic heterocycles. The zero-order valence-electron chi connectivity index (χ0n) is 16.9. The van der Waals surface area contributed by atoms with E-state index in [4.69, 9.17) is 9.47 Å². The Kier molecular flexibility index (Phi) is 3.60. The minimum Gasteiger partial charge on any atom is -0.334 e. The predicted octanol–water partition coefficient (Wildman–Crippen LogP) is 4.96. The smallest absolute Gasteiger partial charge is 0.180 e.